The summed E-state index contributed by atoms with van der Waals surface area (Å²) < 4.78 is 14.7. The molecule has 3 heterocycles. The molecule has 150 valence electrons. The van der Waals surface area contributed by atoms with Crippen LogP contribution in [0.25, 0.3) is 21.8 Å². The topological polar surface area (TPSA) is 41.9 Å². The Balaban J connectivity index is 1.66. The van der Waals surface area contributed by atoms with Crippen LogP contribution in [0.2, 0.25) is 0 Å². The fourth-order valence-corrected chi connectivity index (χ4v) is 5.74. The van der Waals surface area contributed by atoms with Gasteiger partial charge in [-0.25, -0.2) is 19.3 Å². The molecule has 3 aromatic rings. The number of thiazole rings is 1. The van der Waals surface area contributed by atoms with Crippen molar-refractivity contribution >= 4 is 16.5 Å². The summed E-state index contributed by atoms with van der Waals surface area (Å²) >= 11 is 1.65. The van der Waals surface area contributed by atoms with Crippen molar-refractivity contribution in [3.05, 3.63) is 48.2 Å². The second-order valence-electron chi connectivity index (χ2n) is 8.01. The number of nitrogens with zero attached hydrogens (tertiary/aromatic N) is 4. The summed E-state index contributed by atoms with van der Waals surface area (Å²) in [5.74, 6) is 0.251. The molecule has 0 spiro atoms. The predicted octanol–water partition coefficient (Wildman–Crippen LogP) is 6.05. The molecule has 1 aliphatic carbocycles. The Bertz CT molecular complexity index is 990. The Morgan fingerprint density at radius 1 is 0.966 bits per heavy atom. The van der Waals surface area contributed by atoms with Crippen molar-refractivity contribution in [1.82, 2.24) is 15.0 Å². The van der Waals surface area contributed by atoms with Gasteiger partial charge in [0, 0.05) is 30.4 Å². The van der Waals surface area contributed by atoms with Crippen LogP contribution in [0.5, 0.6) is 0 Å². The molecule has 2 aromatic heterocycles. The van der Waals surface area contributed by atoms with Crippen molar-refractivity contribution in [2.24, 2.45) is 0 Å². The average molecular weight is 409 g/mol. The minimum Gasteiger partial charge on any atom is -0.348 e. The van der Waals surface area contributed by atoms with Crippen LogP contribution in [0.15, 0.2) is 36.8 Å². The van der Waals surface area contributed by atoms with Crippen LogP contribution in [-0.4, -0.2) is 28.0 Å². The minimum atomic E-state index is -0.235. The molecule has 0 bridgehead atoms. The lowest BCUT2D eigenvalue weighted by atomic mass is 9.96. The standard InChI is InChI=1S/C23H25FN4S/c24-19-11-5-4-10-17(19)21-22(29-23(27-21)28-12-6-1-7-13-28)20-18(14-25-15-26-20)16-8-2-3-9-16/h4-5,10-11,14-16H,1-3,6-9,12-13H2. The fraction of sp³-hybridized carbons (Fsp3) is 0.435. The van der Waals surface area contributed by atoms with Crippen molar-refractivity contribution < 1.29 is 4.39 Å². The van der Waals surface area contributed by atoms with Gasteiger partial charge >= 0.3 is 0 Å². The van der Waals surface area contributed by atoms with E-state index in [4.69, 9.17) is 4.98 Å². The predicted molar refractivity (Wildman–Crippen MR) is 116 cm³/mol. The lowest BCUT2D eigenvalue weighted by Gasteiger charge is -2.25. The van der Waals surface area contributed by atoms with Gasteiger partial charge in [0.2, 0.25) is 0 Å². The summed E-state index contributed by atoms with van der Waals surface area (Å²) in [7, 11) is 0. The van der Waals surface area contributed by atoms with Gasteiger partial charge in [-0.3, -0.25) is 0 Å². The Hall–Kier alpha value is -2.34. The zero-order valence-corrected chi connectivity index (χ0v) is 17.3. The molecule has 1 aliphatic heterocycles. The summed E-state index contributed by atoms with van der Waals surface area (Å²) in [6.07, 6.45) is 12.1. The summed E-state index contributed by atoms with van der Waals surface area (Å²) in [5, 5.41) is 0.980. The smallest absolute Gasteiger partial charge is 0.186 e. The SMILES string of the molecule is Fc1ccccc1-c1nc(N2CCCCC2)sc1-c1ncncc1C1CCCC1. The highest BCUT2D eigenvalue weighted by Gasteiger charge is 2.27. The van der Waals surface area contributed by atoms with Crippen molar-refractivity contribution in [2.45, 2.75) is 50.9 Å². The minimum absolute atomic E-state index is 0.235. The summed E-state index contributed by atoms with van der Waals surface area (Å²) in [5.41, 5.74) is 3.40. The quantitative estimate of drug-likeness (QED) is 0.527. The number of hydrogen-bond donors (Lipinski definition) is 0. The number of aromatic nitrogens is 3. The number of anilines is 1. The molecule has 4 nitrogen and oxygen atoms in total. The first kappa shape index (κ1) is 18.7. The number of benzene rings is 1. The average Bonchev–Trinajstić information content (AvgIpc) is 3.45. The first-order chi connectivity index (χ1) is 14.3. The Labute approximate surface area is 174 Å². The third-order valence-electron chi connectivity index (χ3n) is 6.12. The van der Waals surface area contributed by atoms with E-state index in [9.17, 15) is 4.39 Å². The van der Waals surface area contributed by atoms with Gasteiger partial charge in [-0.2, -0.15) is 0 Å². The highest BCUT2D eigenvalue weighted by molar-refractivity contribution is 7.19. The van der Waals surface area contributed by atoms with E-state index in [1.807, 2.05) is 18.3 Å². The van der Waals surface area contributed by atoms with Gasteiger partial charge in [0.15, 0.2) is 5.13 Å². The molecule has 0 radical (unpaired) electrons. The molecule has 2 fully saturated rings. The first-order valence-corrected chi connectivity index (χ1v) is 11.4. The van der Waals surface area contributed by atoms with Crippen molar-refractivity contribution in [1.29, 1.82) is 0 Å². The summed E-state index contributed by atoms with van der Waals surface area (Å²) in [6.45, 7) is 2.03. The van der Waals surface area contributed by atoms with Crippen LogP contribution < -0.4 is 4.90 Å². The van der Waals surface area contributed by atoms with Crippen molar-refractivity contribution in [3.8, 4) is 21.8 Å². The normalized spacial score (nSPS) is 17.8. The van der Waals surface area contributed by atoms with Gasteiger partial charge in [0.25, 0.3) is 0 Å². The lowest BCUT2D eigenvalue weighted by molar-refractivity contribution is 0.577. The molecule has 1 saturated carbocycles. The molecule has 2 aliphatic rings. The van der Waals surface area contributed by atoms with Crippen LogP contribution in [0.4, 0.5) is 9.52 Å². The molecule has 1 saturated heterocycles. The highest BCUT2D eigenvalue weighted by atomic mass is 32.1. The summed E-state index contributed by atoms with van der Waals surface area (Å²) in [4.78, 5) is 17.3. The van der Waals surface area contributed by atoms with E-state index in [1.165, 1.54) is 56.6 Å². The largest absolute Gasteiger partial charge is 0.348 e. The first-order valence-electron chi connectivity index (χ1n) is 10.6. The van der Waals surface area contributed by atoms with E-state index in [-0.39, 0.29) is 5.82 Å². The van der Waals surface area contributed by atoms with Crippen LogP contribution in [0.1, 0.15) is 56.4 Å². The maximum absolute atomic E-state index is 14.7. The lowest BCUT2D eigenvalue weighted by Crippen LogP contribution is -2.29. The molecule has 6 heteroatoms. The van der Waals surface area contributed by atoms with Gasteiger partial charge in [-0.1, -0.05) is 36.3 Å². The third-order valence-corrected chi connectivity index (χ3v) is 7.24. The number of piperidine rings is 1. The van der Waals surface area contributed by atoms with E-state index in [0.717, 1.165) is 28.8 Å². The molecule has 1 aromatic carbocycles. The van der Waals surface area contributed by atoms with Gasteiger partial charge in [-0.15, -0.1) is 0 Å². The van der Waals surface area contributed by atoms with E-state index in [1.54, 1.807) is 23.7 Å². The Morgan fingerprint density at radius 2 is 1.76 bits per heavy atom. The number of halogens is 1. The second kappa shape index (κ2) is 8.19. The molecule has 0 unspecified atom stereocenters. The maximum atomic E-state index is 14.7. The molecule has 0 atom stereocenters. The zero-order valence-electron chi connectivity index (χ0n) is 16.5. The van der Waals surface area contributed by atoms with E-state index in [0.29, 0.717) is 17.2 Å². The van der Waals surface area contributed by atoms with Gasteiger partial charge in [0.05, 0.1) is 16.3 Å². The third kappa shape index (κ3) is 3.66. The van der Waals surface area contributed by atoms with E-state index >= 15 is 0 Å². The second-order valence-corrected chi connectivity index (χ2v) is 8.99. The van der Waals surface area contributed by atoms with Crippen molar-refractivity contribution in [3.63, 3.8) is 0 Å². The molecular formula is C23H25FN4S. The molecule has 0 amide bonds. The van der Waals surface area contributed by atoms with Crippen LogP contribution >= 0.6 is 11.3 Å². The molecule has 29 heavy (non-hydrogen) atoms. The Kier molecular flexibility index (Phi) is 5.27. The molecule has 5 rings (SSSR count). The molecular weight excluding hydrogens is 383 g/mol. The zero-order chi connectivity index (χ0) is 19.6. The van der Waals surface area contributed by atoms with Gasteiger partial charge in [0.1, 0.15) is 12.1 Å². The van der Waals surface area contributed by atoms with Gasteiger partial charge in [-0.05, 0) is 50.2 Å². The Morgan fingerprint density at radius 3 is 2.55 bits per heavy atom. The van der Waals surface area contributed by atoms with Crippen molar-refractivity contribution in [2.75, 3.05) is 18.0 Å². The molecule has 0 N–H and O–H groups in total. The monoisotopic (exact) mass is 408 g/mol. The van der Waals surface area contributed by atoms with E-state index < -0.39 is 0 Å². The highest BCUT2D eigenvalue weighted by Crippen LogP contribution is 2.45. The maximum Gasteiger partial charge on any atom is 0.186 e. The van der Waals surface area contributed by atoms with Gasteiger partial charge < -0.3 is 4.90 Å². The van der Waals surface area contributed by atoms with Crippen LogP contribution in [-0.2, 0) is 0 Å². The summed E-state index contributed by atoms with van der Waals surface area (Å²) in [6, 6.07) is 6.94. The fourth-order valence-electron chi connectivity index (χ4n) is 4.59. The van der Waals surface area contributed by atoms with E-state index in [2.05, 4.69) is 14.9 Å². The van der Waals surface area contributed by atoms with Crippen LogP contribution in [0.3, 0.4) is 0 Å². The van der Waals surface area contributed by atoms with Crippen LogP contribution in [0, 0.1) is 5.82 Å². The number of hydrogen-bond acceptors (Lipinski definition) is 5. The number of rotatable bonds is 4.